The van der Waals surface area contributed by atoms with E-state index in [1.54, 1.807) is 0 Å². The van der Waals surface area contributed by atoms with Crippen LogP contribution >= 0.6 is 0 Å². The second-order valence-electron chi connectivity index (χ2n) is 23.2. The molecule has 1 aliphatic rings. The molecule has 1 heterocycles. The van der Waals surface area contributed by atoms with E-state index in [2.05, 4.69) is 67.8 Å². The number of unbranched alkanes of at least 4 members (excludes halogenated alkanes) is 37. The minimum absolute atomic E-state index is 0.241. The number of hydrogen-bond acceptors (Lipinski definition) is 10. The molecular weight excluding hydrogens is 979 g/mol. The normalized spacial score (nSPS) is 19.7. The monoisotopic (exact) mass is 1100 g/mol. The van der Waals surface area contributed by atoms with Crippen molar-refractivity contribution in [2.45, 2.75) is 358 Å². The van der Waals surface area contributed by atoms with Crippen molar-refractivity contribution in [2.24, 2.45) is 0 Å². The number of amides is 1. The van der Waals surface area contributed by atoms with Gasteiger partial charge in [0.05, 0.1) is 25.4 Å². The van der Waals surface area contributed by atoms with Crippen molar-refractivity contribution in [1.82, 2.24) is 5.32 Å². The lowest BCUT2D eigenvalue weighted by Gasteiger charge is -2.40. The van der Waals surface area contributed by atoms with Crippen LogP contribution in [0, 0.1) is 0 Å². The summed E-state index contributed by atoms with van der Waals surface area (Å²) < 4.78 is 11.2. The summed E-state index contributed by atoms with van der Waals surface area (Å²) in [6.45, 7) is 3.47. The zero-order valence-corrected chi connectivity index (χ0v) is 50.4. The van der Waals surface area contributed by atoms with Crippen LogP contribution in [-0.4, -0.2) is 110 Å². The summed E-state index contributed by atoms with van der Waals surface area (Å²) in [5.41, 5.74) is 0. The minimum atomic E-state index is -1.67. The van der Waals surface area contributed by atoms with Gasteiger partial charge in [-0.05, 0) is 89.9 Å². The Labute approximate surface area is 479 Å². The fraction of sp³-hybridized carbons (Fsp3) is 0.866. The van der Waals surface area contributed by atoms with Gasteiger partial charge >= 0.3 is 0 Å². The lowest BCUT2D eigenvalue weighted by atomic mass is 9.98. The van der Waals surface area contributed by atoms with Crippen LogP contribution in [0.15, 0.2) is 48.6 Å². The molecule has 0 spiro atoms. The van der Waals surface area contributed by atoms with E-state index >= 15 is 0 Å². The van der Waals surface area contributed by atoms with Crippen LogP contribution in [0.25, 0.3) is 0 Å². The first-order valence-corrected chi connectivity index (χ1v) is 33.0. The SMILES string of the molecule is CCCCCCCCCCC/C=C/CC/C=C/CC/C=C/CCCC(O)C(O)C(COC1OC(CO)C(O)C(O)C1O)NC(=O)C(O)CCCCCCCCCCCCCCC/C=C\CCCCCCCCCCCCCC. The molecular formula is C67H125NO10. The van der Waals surface area contributed by atoms with Crippen molar-refractivity contribution in [1.29, 1.82) is 0 Å². The maximum Gasteiger partial charge on any atom is 0.249 e. The first-order chi connectivity index (χ1) is 38.2. The van der Waals surface area contributed by atoms with Gasteiger partial charge in [-0.15, -0.1) is 0 Å². The van der Waals surface area contributed by atoms with Gasteiger partial charge in [0.15, 0.2) is 6.29 Å². The van der Waals surface area contributed by atoms with Crippen molar-refractivity contribution >= 4 is 5.91 Å². The molecule has 1 rings (SSSR count). The molecule has 8 N–H and O–H groups in total. The molecule has 9 unspecified atom stereocenters. The van der Waals surface area contributed by atoms with E-state index in [0.717, 1.165) is 44.9 Å². The summed E-state index contributed by atoms with van der Waals surface area (Å²) in [6, 6.07) is -1.20. The second kappa shape index (κ2) is 55.6. The third kappa shape index (κ3) is 42.8. The molecule has 11 heteroatoms. The van der Waals surface area contributed by atoms with Gasteiger partial charge in [0.25, 0.3) is 0 Å². The summed E-state index contributed by atoms with van der Waals surface area (Å²) in [7, 11) is 0. The molecule has 1 fully saturated rings. The van der Waals surface area contributed by atoms with Crippen molar-refractivity contribution in [3.63, 3.8) is 0 Å². The van der Waals surface area contributed by atoms with Crippen molar-refractivity contribution in [2.75, 3.05) is 13.2 Å². The fourth-order valence-electron chi connectivity index (χ4n) is 10.5. The standard InChI is InChI=1S/C67H125NO10/c1-3-5-7-9-11-13-15-17-19-21-23-25-27-28-29-30-31-32-33-35-37-39-41-43-45-47-49-51-53-55-60(71)66(76)68-58(57-77-67-65(75)64(74)63(73)61(56-69)78-67)62(72)59(70)54-52-50-48-46-44-42-40-38-36-34-26-24-22-20-18-16-14-12-10-8-6-4-2/h24,26,28-29,38,40,46,48,58-65,67,69-75H,3-23,25,27,30-37,39,41-45,47,49-57H2,1-2H3,(H,68,76)/b26-24+,29-28-,40-38+,48-46+. The number of rotatable bonds is 57. The van der Waals surface area contributed by atoms with Crippen molar-refractivity contribution < 1.29 is 50.0 Å². The van der Waals surface area contributed by atoms with Crippen molar-refractivity contribution in [3.05, 3.63) is 48.6 Å². The van der Waals surface area contributed by atoms with E-state index in [1.807, 2.05) is 0 Å². The van der Waals surface area contributed by atoms with E-state index in [1.165, 1.54) is 212 Å². The van der Waals surface area contributed by atoms with E-state index in [9.17, 15) is 40.5 Å². The molecule has 0 aromatic rings. The van der Waals surface area contributed by atoms with Gasteiger partial charge < -0.3 is 50.5 Å². The maximum absolute atomic E-state index is 13.2. The molecule has 0 aromatic carbocycles. The van der Waals surface area contributed by atoms with Gasteiger partial charge in [-0.25, -0.2) is 0 Å². The summed E-state index contributed by atoms with van der Waals surface area (Å²) in [5, 5.41) is 76.3. The predicted octanol–water partition coefficient (Wildman–Crippen LogP) is 15.2. The summed E-state index contributed by atoms with van der Waals surface area (Å²) in [6.07, 6.45) is 60.4. The summed E-state index contributed by atoms with van der Waals surface area (Å²) >= 11 is 0. The van der Waals surface area contributed by atoms with Crippen molar-refractivity contribution in [3.8, 4) is 0 Å². The lowest BCUT2D eigenvalue weighted by molar-refractivity contribution is -0.303. The number of carbonyl (C=O) groups excluding carboxylic acids is 1. The van der Waals surface area contributed by atoms with Crippen LogP contribution < -0.4 is 5.32 Å². The smallest absolute Gasteiger partial charge is 0.249 e. The minimum Gasteiger partial charge on any atom is -0.394 e. The number of aliphatic hydroxyl groups excluding tert-OH is 7. The Morgan fingerprint density at radius 1 is 0.436 bits per heavy atom. The van der Waals surface area contributed by atoms with Gasteiger partial charge in [-0.3, -0.25) is 4.79 Å². The van der Waals surface area contributed by atoms with E-state index in [0.29, 0.717) is 19.3 Å². The number of ether oxygens (including phenoxy) is 2. The van der Waals surface area contributed by atoms with Crippen LogP contribution in [-0.2, 0) is 14.3 Å². The average molecular weight is 1100 g/mol. The largest absolute Gasteiger partial charge is 0.394 e. The number of hydrogen-bond donors (Lipinski definition) is 8. The third-order valence-corrected chi connectivity index (χ3v) is 15.8. The molecule has 9 atom stereocenters. The van der Waals surface area contributed by atoms with E-state index in [-0.39, 0.29) is 12.8 Å². The van der Waals surface area contributed by atoms with Crippen LogP contribution in [0.2, 0.25) is 0 Å². The first-order valence-electron chi connectivity index (χ1n) is 33.0. The molecule has 0 aliphatic carbocycles. The molecule has 1 aliphatic heterocycles. The average Bonchev–Trinajstić information content (AvgIpc) is 3.46. The fourth-order valence-corrected chi connectivity index (χ4v) is 10.5. The first kappa shape index (κ1) is 74.1. The highest BCUT2D eigenvalue weighted by Crippen LogP contribution is 2.23. The van der Waals surface area contributed by atoms with Gasteiger partial charge in [-0.1, -0.05) is 262 Å². The topological polar surface area (TPSA) is 189 Å². The number of nitrogens with one attached hydrogen (secondary N) is 1. The lowest BCUT2D eigenvalue weighted by Crippen LogP contribution is -2.60. The van der Waals surface area contributed by atoms with Crippen LogP contribution in [0.3, 0.4) is 0 Å². The number of allylic oxidation sites excluding steroid dienone is 8. The summed E-state index contributed by atoms with van der Waals surface area (Å²) in [4.78, 5) is 13.2. The molecule has 0 aromatic heterocycles. The Hall–Kier alpha value is -1.93. The van der Waals surface area contributed by atoms with Crippen LogP contribution in [0.5, 0.6) is 0 Å². The third-order valence-electron chi connectivity index (χ3n) is 15.8. The quantitative estimate of drug-likeness (QED) is 0.0215. The Morgan fingerprint density at radius 3 is 1.14 bits per heavy atom. The zero-order valence-electron chi connectivity index (χ0n) is 50.4. The van der Waals surface area contributed by atoms with Gasteiger partial charge in [-0.2, -0.15) is 0 Å². The highest BCUT2D eigenvalue weighted by atomic mass is 16.7. The molecule has 0 radical (unpaired) electrons. The zero-order chi connectivity index (χ0) is 56.8. The molecule has 0 saturated carbocycles. The highest BCUT2D eigenvalue weighted by Gasteiger charge is 2.44. The van der Waals surface area contributed by atoms with E-state index in [4.69, 9.17) is 9.47 Å². The second-order valence-corrected chi connectivity index (χ2v) is 23.2. The van der Waals surface area contributed by atoms with Gasteiger partial charge in [0.1, 0.15) is 36.6 Å². The number of aliphatic hydroxyl groups is 7. The van der Waals surface area contributed by atoms with E-state index < -0.39 is 74.2 Å². The predicted molar refractivity (Wildman–Crippen MR) is 325 cm³/mol. The molecule has 0 bridgehead atoms. The Bertz CT molecular complexity index is 1410. The van der Waals surface area contributed by atoms with Crippen LogP contribution in [0.1, 0.15) is 303 Å². The Balaban J connectivity index is 2.26. The summed E-state index contributed by atoms with van der Waals surface area (Å²) in [5.74, 6) is -0.710. The maximum atomic E-state index is 13.2. The molecule has 11 nitrogen and oxygen atoms in total. The van der Waals surface area contributed by atoms with Gasteiger partial charge in [0, 0.05) is 0 Å². The molecule has 78 heavy (non-hydrogen) atoms. The Kier molecular flexibility index (Phi) is 52.8. The molecule has 1 amide bonds. The molecule has 458 valence electrons. The van der Waals surface area contributed by atoms with Gasteiger partial charge in [0.2, 0.25) is 5.91 Å². The Morgan fingerprint density at radius 2 is 0.769 bits per heavy atom. The highest BCUT2D eigenvalue weighted by molar-refractivity contribution is 5.80. The van der Waals surface area contributed by atoms with Crippen LogP contribution in [0.4, 0.5) is 0 Å². The molecule has 1 saturated heterocycles. The number of carbonyl (C=O) groups is 1.